The second kappa shape index (κ2) is 3.65. The van der Waals surface area contributed by atoms with E-state index in [-0.39, 0.29) is 3.91 Å². The lowest BCUT2D eigenvalue weighted by atomic mass is 11.1. The molecule has 8 heavy (non-hydrogen) atoms. The van der Waals surface area contributed by atoms with Crippen molar-refractivity contribution in [3.63, 3.8) is 0 Å². The molecule has 0 bridgehead atoms. The van der Waals surface area contributed by atoms with E-state index in [9.17, 15) is 4.79 Å². The number of hydrazone groups is 1. The highest BCUT2D eigenvalue weighted by Crippen LogP contribution is 1.93. The van der Waals surface area contributed by atoms with Gasteiger partial charge in [-0.2, -0.15) is 5.10 Å². The molecule has 1 amide bonds. The van der Waals surface area contributed by atoms with Crippen molar-refractivity contribution in [2.24, 2.45) is 10.8 Å². The molecule has 46 valence electrons. The Bertz CT molecular complexity index is 113. The lowest BCUT2D eigenvalue weighted by Gasteiger charge is -2.02. The maximum atomic E-state index is 10.3. The van der Waals surface area contributed by atoms with Gasteiger partial charge in [0.15, 0.2) is 0 Å². The number of carbonyl (C=O) groups is 1. The van der Waals surface area contributed by atoms with Gasteiger partial charge in [0.2, 0.25) is 0 Å². The topological polar surface area (TPSA) is 58.7 Å². The van der Waals surface area contributed by atoms with Crippen LogP contribution in [0.1, 0.15) is 0 Å². The molecule has 0 radical (unpaired) electrons. The summed E-state index contributed by atoms with van der Waals surface area (Å²) in [6.45, 7) is 0. The molecular weight excluding hydrogens is 221 g/mol. The lowest BCUT2D eigenvalue weighted by molar-refractivity contribution is 0.238. The van der Waals surface area contributed by atoms with Crippen LogP contribution in [-0.2, 0) is 0 Å². The Morgan fingerprint density at radius 3 is 2.62 bits per heavy atom. The standard InChI is InChI=1S/C3H6IN3O/c1-7(3(4)8)6-2-5/h2H,1H3,(H2,5,6). The number of nitrogens with two attached hydrogens (primary N) is 1. The van der Waals surface area contributed by atoms with Gasteiger partial charge in [0.25, 0.3) is 0 Å². The van der Waals surface area contributed by atoms with Crippen LogP contribution >= 0.6 is 22.6 Å². The first kappa shape index (κ1) is 7.67. The fourth-order valence-electron chi connectivity index (χ4n) is 0.145. The van der Waals surface area contributed by atoms with Crippen LogP contribution in [0, 0.1) is 0 Å². The Morgan fingerprint density at radius 1 is 2.00 bits per heavy atom. The van der Waals surface area contributed by atoms with Crippen molar-refractivity contribution in [1.29, 1.82) is 0 Å². The molecule has 0 atom stereocenters. The average molecular weight is 227 g/mol. The zero-order chi connectivity index (χ0) is 6.57. The summed E-state index contributed by atoms with van der Waals surface area (Å²) in [5.41, 5.74) is 4.88. The number of carbonyl (C=O) groups excluding carboxylic acids is 1. The average Bonchev–Trinajstić information content (AvgIpc) is 1.67. The van der Waals surface area contributed by atoms with E-state index in [4.69, 9.17) is 5.73 Å². The molecule has 0 aliphatic rings. The van der Waals surface area contributed by atoms with Crippen molar-refractivity contribution in [2.75, 3.05) is 7.05 Å². The molecule has 4 nitrogen and oxygen atoms in total. The molecule has 0 aliphatic carbocycles. The van der Waals surface area contributed by atoms with Gasteiger partial charge in [0, 0.05) is 29.6 Å². The van der Waals surface area contributed by atoms with Gasteiger partial charge in [0.1, 0.15) is 6.34 Å². The highest BCUT2D eigenvalue weighted by atomic mass is 127. The third-order valence-electron chi connectivity index (χ3n) is 0.494. The van der Waals surface area contributed by atoms with Crippen molar-refractivity contribution in [1.82, 2.24) is 5.01 Å². The fourth-order valence-corrected chi connectivity index (χ4v) is 0.270. The fraction of sp³-hybridized carbons (Fsp3) is 0.333. The predicted molar refractivity (Wildman–Crippen MR) is 39.9 cm³/mol. The first-order valence-electron chi connectivity index (χ1n) is 1.86. The van der Waals surface area contributed by atoms with E-state index in [1.165, 1.54) is 7.05 Å². The summed E-state index contributed by atoms with van der Waals surface area (Å²) in [7, 11) is 1.53. The van der Waals surface area contributed by atoms with Gasteiger partial charge in [-0.25, -0.2) is 5.01 Å². The molecule has 0 aromatic carbocycles. The molecule has 5 heteroatoms. The molecule has 0 aromatic rings. The largest absolute Gasteiger partial charge is 0.388 e. The van der Waals surface area contributed by atoms with E-state index in [1.807, 2.05) is 0 Å². The van der Waals surface area contributed by atoms with Crippen molar-refractivity contribution in [3.05, 3.63) is 0 Å². The Kier molecular flexibility index (Phi) is 3.49. The number of rotatable bonds is 1. The molecule has 0 rings (SSSR count). The first-order chi connectivity index (χ1) is 3.68. The lowest BCUT2D eigenvalue weighted by Crippen LogP contribution is -2.14. The monoisotopic (exact) mass is 227 g/mol. The Labute approximate surface area is 60.9 Å². The summed E-state index contributed by atoms with van der Waals surface area (Å²) >= 11 is 1.61. The maximum Gasteiger partial charge on any atom is 0.302 e. The second-order valence-corrected chi connectivity index (χ2v) is 1.96. The number of nitrogens with zero attached hydrogens (tertiary/aromatic N) is 2. The van der Waals surface area contributed by atoms with E-state index in [0.717, 1.165) is 11.3 Å². The molecule has 0 saturated heterocycles. The van der Waals surface area contributed by atoms with Crippen molar-refractivity contribution < 1.29 is 4.79 Å². The Balaban J connectivity index is 3.64. The predicted octanol–water partition coefficient (Wildman–Crippen LogP) is 0.375. The third-order valence-corrected chi connectivity index (χ3v) is 1.19. The summed E-state index contributed by atoms with van der Waals surface area (Å²) in [5.74, 6) is 0. The van der Waals surface area contributed by atoms with Crippen molar-refractivity contribution in [3.8, 4) is 0 Å². The number of halogens is 1. The van der Waals surface area contributed by atoms with Crippen LogP contribution in [0.4, 0.5) is 4.79 Å². The quantitative estimate of drug-likeness (QED) is 0.176. The minimum absolute atomic E-state index is 0.163. The molecule has 0 aromatic heterocycles. The second-order valence-electron chi connectivity index (χ2n) is 1.04. The van der Waals surface area contributed by atoms with Gasteiger partial charge in [-0.1, -0.05) is 0 Å². The zero-order valence-electron chi connectivity index (χ0n) is 4.34. The van der Waals surface area contributed by atoms with Crippen LogP contribution in [0.3, 0.4) is 0 Å². The van der Waals surface area contributed by atoms with Crippen LogP contribution in [0.2, 0.25) is 0 Å². The molecule has 0 spiro atoms. The summed E-state index contributed by atoms with van der Waals surface area (Å²) in [6.07, 6.45) is 1.07. The molecule has 2 N–H and O–H groups in total. The molecule has 0 fully saturated rings. The zero-order valence-corrected chi connectivity index (χ0v) is 6.49. The third kappa shape index (κ3) is 2.78. The summed E-state index contributed by atoms with van der Waals surface area (Å²) in [5, 5.41) is 4.59. The van der Waals surface area contributed by atoms with Gasteiger partial charge in [-0.05, 0) is 0 Å². The number of hydrogen-bond donors (Lipinski definition) is 1. The highest BCUT2D eigenvalue weighted by molar-refractivity contribution is 14.1. The van der Waals surface area contributed by atoms with Crippen molar-refractivity contribution in [2.45, 2.75) is 0 Å². The van der Waals surface area contributed by atoms with Crippen LogP contribution < -0.4 is 5.73 Å². The normalized spacial score (nSPS) is 9.75. The summed E-state index contributed by atoms with van der Waals surface area (Å²) in [6, 6.07) is 0. The van der Waals surface area contributed by atoms with Crippen molar-refractivity contribution >= 4 is 32.8 Å². The van der Waals surface area contributed by atoms with E-state index in [1.54, 1.807) is 22.6 Å². The van der Waals surface area contributed by atoms with Gasteiger partial charge >= 0.3 is 3.91 Å². The molecule has 0 heterocycles. The van der Waals surface area contributed by atoms with Crippen LogP contribution in [-0.4, -0.2) is 22.3 Å². The minimum Gasteiger partial charge on any atom is -0.388 e. The Morgan fingerprint density at radius 2 is 2.50 bits per heavy atom. The minimum atomic E-state index is -0.163. The van der Waals surface area contributed by atoms with Crippen LogP contribution in [0.5, 0.6) is 0 Å². The van der Waals surface area contributed by atoms with E-state index in [0.29, 0.717) is 0 Å². The van der Waals surface area contributed by atoms with E-state index >= 15 is 0 Å². The van der Waals surface area contributed by atoms with Crippen LogP contribution in [0.25, 0.3) is 0 Å². The molecule has 0 saturated carbocycles. The number of amides is 1. The maximum absolute atomic E-state index is 10.3. The summed E-state index contributed by atoms with van der Waals surface area (Å²) < 4.78 is -0.163. The smallest absolute Gasteiger partial charge is 0.302 e. The van der Waals surface area contributed by atoms with E-state index in [2.05, 4.69) is 5.10 Å². The SMILES string of the molecule is CN(/N=C\N)C(=O)I. The van der Waals surface area contributed by atoms with Gasteiger partial charge < -0.3 is 5.73 Å². The molecular formula is C3H6IN3O. The molecule has 0 aliphatic heterocycles. The van der Waals surface area contributed by atoms with Gasteiger partial charge in [-0.3, -0.25) is 4.79 Å². The van der Waals surface area contributed by atoms with Gasteiger partial charge in [-0.15, -0.1) is 0 Å². The number of hydrogen-bond acceptors (Lipinski definition) is 2. The van der Waals surface area contributed by atoms with E-state index < -0.39 is 0 Å². The first-order valence-corrected chi connectivity index (χ1v) is 2.93. The molecule has 0 unspecified atom stereocenters. The van der Waals surface area contributed by atoms with Gasteiger partial charge in [0.05, 0.1) is 0 Å². The Hall–Kier alpha value is -0.330. The van der Waals surface area contributed by atoms with Crippen LogP contribution in [0.15, 0.2) is 5.10 Å². The summed E-state index contributed by atoms with van der Waals surface area (Å²) in [4.78, 5) is 10.3. The highest BCUT2D eigenvalue weighted by Gasteiger charge is 1.96.